The SMILES string of the molecule is CCNC(=NCC(F)F)NCCCc1ccc(OC)c(OCC)c1.I. The van der Waals surface area contributed by atoms with Gasteiger partial charge in [0, 0.05) is 13.1 Å². The van der Waals surface area contributed by atoms with Crippen LogP contribution in [0.15, 0.2) is 23.2 Å². The zero-order chi connectivity index (χ0) is 17.8. The summed E-state index contributed by atoms with van der Waals surface area (Å²) >= 11 is 0. The molecule has 0 amide bonds. The molecule has 0 saturated heterocycles. The summed E-state index contributed by atoms with van der Waals surface area (Å²) in [6, 6.07) is 5.86. The lowest BCUT2D eigenvalue weighted by molar-refractivity contribution is 0.158. The van der Waals surface area contributed by atoms with E-state index in [9.17, 15) is 8.78 Å². The first-order valence-electron chi connectivity index (χ1n) is 8.20. The Morgan fingerprint density at radius 2 is 1.96 bits per heavy atom. The summed E-state index contributed by atoms with van der Waals surface area (Å²) < 4.78 is 35.3. The van der Waals surface area contributed by atoms with Crippen LogP contribution in [0.1, 0.15) is 25.8 Å². The maximum atomic E-state index is 12.2. The molecule has 0 atom stereocenters. The van der Waals surface area contributed by atoms with E-state index >= 15 is 0 Å². The fourth-order valence-electron chi connectivity index (χ4n) is 2.15. The van der Waals surface area contributed by atoms with Crippen molar-refractivity contribution in [2.24, 2.45) is 4.99 Å². The van der Waals surface area contributed by atoms with Crippen molar-refractivity contribution < 1.29 is 18.3 Å². The molecule has 0 heterocycles. The van der Waals surface area contributed by atoms with Gasteiger partial charge in [-0.2, -0.15) is 0 Å². The van der Waals surface area contributed by atoms with Gasteiger partial charge in [-0.25, -0.2) is 13.8 Å². The molecule has 2 N–H and O–H groups in total. The van der Waals surface area contributed by atoms with Crippen molar-refractivity contribution in [3.05, 3.63) is 23.8 Å². The zero-order valence-corrected chi connectivity index (χ0v) is 17.3. The number of methoxy groups -OCH3 is 1. The lowest BCUT2D eigenvalue weighted by Gasteiger charge is -2.12. The third kappa shape index (κ3) is 9.66. The molecule has 0 aliphatic rings. The molecule has 1 rings (SSSR count). The van der Waals surface area contributed by atoms with Crippen LogP contribution in [-0.2, 0) is 6.42 Å². The minimum atomic E-state index is -2.43. The van der Waals surface area contributed by atoms with Gasteiger partial charge in [0.2, 0.25) is 0 Å². The van der Waals surface area contributed by atoms with Gasteiger partial charge in [0.15, 0.2) is 17.5 Å². The van der Waals surface area contributed by atoms with Gasteiger partial charge in [0.05, 0.1) is 13.7 Å². The summed E-state index contributed by atoms with van der Waals surface area (Å²) in [5.74, 6) is 1.87. The van der Waals surface area contributed by atoms with Crippen molar-refractivity contribution in [3.63, 3.8) is 0 Å². The second kappa shape index (κ2) is 13.9. The molecule has 8 heteroatoms. The highest BCUT2D eigenvalue weighted by Crippen LogP contribution is 2.28. The average molecular weight is 471 g/mol. The molecular weight excluding hydrogens is 443 g/mol. The highest BCUT2D eigenvalue weighted by molar-refractivity contribution is 14.0. The Balaban J connectivity index is 0.00000576. The number of nitrogens with zero attached hydrogens (tertiary/aromatic N) is 1. The number of nitrogens with one attached hydrogen (secondary N) is 2. The maximum Gasteiger partial charge on any atom is 0.257 e. The molecule has 0 aliphatic heterocycles. The van der Waals surface area contributed by atoms with E-state index in [4.69, 9.17) is 9.47 Å². The second-order valence-electron chi connectivity index (χ2n) is 5.06. The summed E-state index contributed by atoms with van der Waals surface area (Å²) in [6.45, 7) is 5.18. The predicted octanol–water partition coefficient (Wildman–Crippen LogP) is 3.46. The summed E-state index contributed by atoms with van der Waals surface area (Å²) in [4.78, 5) is 3.83. The smallest absolute Gasteiger partial charge is 0.257 e. The van der Waals surface area contributed by atoms with Gasteiger partial charge in [0.1, 0.15) is 6.54 Å². The van der Waals surface area contributed by atoms with Crippen molar-refractivity contribution in [1.29, 1.82) is 0 Å². The van der Waals surface area contributed by atoms with Gasteiger partial charge in [-0.1, -0.05) is 6.07 Å². The van der Waals surface area contributed by atoms with Gasteiger partial charge in [-0.05, 0) is 44.4 Å². The van der Waals surface area contributed by atoms with Crippen molar-refractivity contribution >= 4 is 29.9 Å². The summed E-state index contributed by atoms with van der Waals surface area (Å²) in [7, 11) is 1.61. The Bertz CT molecular complexity index is 517. The second-order valence-corrected chi connectivity index (χ2v) is 5.06. The van der Waals surface area contributed by atoms with Crippen LogP contribution < -0.4 is 20.1 Å². The topological polar surface area (TPSA) is 54.9 Å². The predicted molar refractivity (Wildman–Crippen MR) is 108 cm³/mol. The van der Waals surface area contributed by atoms with E-state index in [1.165, 1.54) is 0 Å². The first-order chi connectivity index (χ1) is 11.6. The summed E-state index contributed by atoms with van der Waals surface area (Å²) in [6.07, 6.45) is -0.751. The van der Waals surface area contributed by atoms with E-state index in [0.717, 1.165) is 24.2 Å². The number of benzene rings is 1. The highest BCUT2D eigenvalue weighted by Gasteiger charge is 2.06. The van der Waals surface area contributed by atoms with Crippen LogP contribution in [-0.4, -0.2) is 45.7 Å². The van der Waals surface area contributed by atoms with Crippen molar-refractivity contribution in [2.75, 3.05) is 33.4 Å². The monoisotopic (exact) mass is 471 g/mol. The molecule has 0 aliphatic carbocycles. The number of rotatable bonds is 10. The fourth-order valence-corrected chi connectivity index (χ4v) is 2.15. The molecule has 1 aromatic carbocycles. The van der Waals surface area contributed by atoms with Crippen LogP contribution in [0.4, 0.5) is 8.78 Å². The number of hydrogen-bond acceptors (Lipinski definition) is 3. The summed E-state index contributed by atoms with van der Waals surface area (Å²) in [5, 5.41) is 6.00. The molecular formula is C17H28F2IN3O2. The van der Waals surface area contributed by atoms with Crippen LogP contribution >= 0.6 is 24.0 Å². The fraction of sp³-hybridized carbons (Fsp3) is 0.588. The molecule has 0 spiro atoms. The normalized spacial score (nSPS) is 11.0. The van der Waals surface area contributed by atoms with Gasteiger partial charge >= 0.3 is 0 Å². The average Bonchev–Trinajstić information content (AvgIpc) is 2.57. The molecule has 0 unspecified atom stereocenters. The molecule has 144 valence electrons. The first-order valence-corrected chi connectivity index (χ1v) is 8.20. The van der Waals surface area contributed by atoms with Crippen LogP contribution in [0, 0.1) is 0 Å². The van der Waals surface area contributed by atoms with Crippen LogP contribution in [0.5, 0.6) is 11.5 Å². The number of aliphatic imine (C=N–C) groups is 1. The number of halogens is 3. The lowest BCUT2D eigenvalue weighted by Crippen LogP contribution is -2.38. The highest BCUT2D eigenvalue weighted by atomic mass is 127. The van der Waals surface area contributed by atoms with Crippen LogP contribution in [0.25, 0.3) is 0 Å². The Morgan fingerprint density at radius 1 is 1.20 bits per heavy atom. The Hall–Kier alpha value is -1.32. The van der Waals surface area contributed by atoms with Crippen molar-refractivity contribution in [3.8, 4) is 11.5 Å². The van der Waals surface area contributed by atoms with Crippen LogP contribution in [0.2, 0.25) is 0 Å². The van der Waals surface area contributed by atoms with Gasteiger partial charge in [-0.15, -0.1) is 24.0 Å². The largest absolute Gasteiger partial charge is 0.493 e. The van der Waals surface area contributed by atoms with E-state index in [0.29, 0.717) is 31.4 Å². The van der Waals surface area contributed by atoms with E-state index in [2.05, 4.69) is 15.6 Å². The standard InChI is InChI=1S/C17H27F2N3O2.HI/c1-4-20-17(22-12-16(18)19)21-10-6-7-13-8-9-14(23-3)15(11-13)24-5-2;/h8-9,11,16H,4-7,10,12H2,1-3H3,(H2,20,21,22);1H. The molecule has 25 heavy (non-hydrogen) atoms. The Labute approximate surface area is 165 Å². The number of aryl methyl sites for hydroxylation is 1. The number of guanidine groups is 1. The molecule has 5 nitrogen and oxygen atoms in total. The third-order valence-corrected chi connectivity index (χ3v) is 3.19. The number of alkyl halides is 2. The molecule has 0 bridgehead atoms. The van der Waals surface area contributed by atoms with Crippen molar-refractivity contribution in [1.82, 2.24) is 10.6 Å². The molecule has 1 aromatic rings. The lowest BCUT2D eigenvalue weighted by atomic mass is 10.1. The maximum absolute atomic E-state index is 12.2. The third-order valence-electron chi connectivity index (χ3n) is 3.19. The van der Waals surface area contributed by atoms with E-state index in [1.54, 1.807) is 7.11 Å². The molecule has 0 aromatic heterocycles. The van der Waals surface area contributed by atoms with Gasteiger partial charge < -0.3 is 20.1 Å². The molecule has 0 radical (unpaired) electrons. The van der Waals surface area contributed by atoms with Crippen LogP contribution in [0.3, 0.4) is 0 Å². The zero-order valence-electron chi connectivity index (χ0n) is 15.0. The van der Waals surface area contributed by atoms with E-state index in [1.807, 2.05) is 32.0 Å². The minimum Gasteiger partial charge on any atom is -0.493 e. The quantitative estimate of drug-likeness (QED) is 0.238. The summed E-state index contributed by atoms with van der Waals surface area (Å²) in [5.41, 5.74) is 1.13. The minimum absolute atomic E-state index is 0. The Kier molecular flexibility index (Phi) is 13.2. The van der Waals surface area contributed by atoms with E-state index < -0.39 is 13.0 Å². The van der Waals surface area contributed by atoms with Gasteiger partial charge in [-0.3, -0.25) is 0 Å². The van der Waals surface area contributed by atoms with Gasteiger partial charge in [0.25, 0.3) is 6.43 Å². The number of hydrogen-bond donors (Lipinski definition) is 2. The first kappa shape index (κ1) is 23.7. The van der Waals surface area contributed by atoms with Crippen molar-refractivity contribution in [2.45, 2.75) is 33.1 Å². The molecule has 0 fully saturated rings. The number of ether oxygens (including phenoxy) is 2. The van der Waals surface area contributed by atoms with E-state index in [-0.39, 0.29) is 24.0 Å². The molecule has 0 saturated carbocycles. The Morgan fingerprint density at radius 3 is 2.56 bits per heavy atom.